The van der Waals surface area contributed by atoms with E-state index in [9.17, 15) is 4.79 Å². The van der Waals surface area contributed by atoms with Crippen LogP contribution in [-0.2, 0) is 0 Å². The van der Waals surface area contributed by atoms with Crippen LogP contribution in [0.25, 0.3) is 0 Å². The Morgan fingerprint density at radius 1 is 1.35 bits per heavy atom. The fourth-order valence-corrected chi connectivity index (χ4v) is 1.66. The van der Waals surface area contributed by atoms with Crippen LogP contribution in [-0.4, -0.2) is 30.8 Å². The molecule has 1 aliphatic rings. The molecule has 1 fully saturated rings. The van der Waals surface area contributed by atoms with E-state index in [1.807, 2.05) is 17.0 Å². The Morgan fingerprint density at radius 2 is 2.00 bits per heavy atom. The number of nitrogens with zero attached hydrogens (tertiary/aromatic N) is 2. The molecular formula is C13H13N3O. The Hall–Kier alpha value is -2.28. The number of rotatable bonds is 4. The highest BCUT2D eigenvalue weighted by Gasteiger charge is 2.26. The van der Waals surface area contributed by atoms with E-state index in [1.165, 1.54) is 0 Å². The molecule has 1 aromatic rings. The Kier molecular flexibility index (Phi) is 3.10. The number of hydrogen-bond acceptors (Lipinski definition) is 4. The smallest absolute Gasteiger partial charge is 0.207 e. The molecule has 0 bridgehead atoms. The van der Waals surface area contributed by atoms with Crippen molar-refractivity contribution < 1.29 is 4.79 Å². The summed E-state index contributed by atoms with van der Waals surface area (Å²) in [6.07, 6.45) is 0. The topological polar surface area (TPSA) is 55.9 Å². The minimum atomic E-state index is -0.232. The van der Waals surface area contributed by atoms with Crippen LogP contribution in [0, 0.1) is 11.3 Å². The van der Waals surface area contributed by atoms with Gasteiger partial charge in [0.1, 0.15) is 17.5 Å². The molecule has 4 heteroatoms. The first kappa shape index (κ1) is 11.2. The third-order valence-electron chi connectivity index (χ3n) is 2.61. The van der Waals surface area contributed by atoms with Gasteiger partial charge < -0.3 is 10.2 Å². The number of Topliss-reactive ketones (excluding diaryl/α,β-unsaturated/α-hetero) is 1. The average molecular weight is 227 g/mol. The molecule has 0 aliphatic carbocycles. The van der Waals surface area contributed by atoms with Crippen molar-refractivity contribution in [3.05, 3.63) is 47.3 Å². The molecule has 86 valence electrons. The molecule has 2 rings (SSSR count). The van der Waals surface area contributed by atoms with Gasteiger partial charge >= 0.3 is 0 Å². The van der Waals surface area contributed by atoms with Crippen LogP contribution in [0.2, 0.25) is 0 Å². The number of allylic oxidation sites excluding steroid dienone is 1. The van der Waals surface area contributed by atoms with Crippen molar-refractivity contribution in [1.29, 1.82) is 5.26 Å². The van der Waals surface area contributed by atoms with Crippen molar-refractivity contribution in [2.75, 3.05) is 20.1 Å². The van der Waals surface area contributed by atoms with Gasteiger partial charge in [-0.15, -0.1) is 0 Å². The number of nitrogens with one attached hydrogen (secondary N) is 1. The lowest BCUT2D eigenvalue weighted by Gasteiger charge is -2.10. The first-order chi connectivity index (χ1) is 8.27. The molecular weight excluding hydrogens is 214 g/mol. The highest BCUT2D eigenvalue weighted by Crippen LogP contribution is 2.18. The Morgan fingerprint density at radius 3 is 2.47 bits per heavy atom. The number of nitriles is 1. The van der Waals surface area contributed by atoms with Crippen molar-refractivity contribution in [2.45, 2.75) is 0 Å². The van der Waals surface area contributed by atoms with E-state index in [-0.39, 0.29) is 11.4 Å². The molecule has 0 amide bonds. The minimum Gasteiger partial charge on any atom is -0.374 e. The predicted octanol–water partition coefficient (Wildman–Crippen LogP) is 1.14. The number of carbonyl (C=O) groups is 1. The molecule has 1 aromatic carbocycles. The second-order valence-corrected chi connectivity index (χ2v) is 3.77. The average Bonchev–Trinajstić information content (AvgIpc) is 3.20. The summed E-state index contributed by atoms with van der Waals surface area (Å²) in [5.41, 5.74) is 0.717. The number of carbonyl (C=O) groups excluding carboxylic acids is 1. The van der Waals surface area contributed by atoms with E-state index in [1.54, 1.807) is 31.3 Å². The van der Waals surface area contributed by atoms with Gasteiger partial charge in [0.05, 0.1) is 0 Å². The second kappa shape index (κ2) is 4.71. The van der Waals surface area contributed by atoms with Crippen LogP contribution in [0.3, 0.4) is 0 Å². The SMILES string of the molecule is CN/C(=C(/C#N)C(=O)c1ccccc1)N1CC1. The number of hydrogen-bond donors (Lipinski definition) is 1. The highest BCUT2D eigenvalue weighted by molar-refractivity contribution is 6.11. The van der Waals surface area contributed by atoms with E-state index in [2.05, 4.69) is 5.32 Å². The summed E-state index contributed by atoms with van der Waals surface area (Å²) in [5, 5.41) is 12.1. The molecule has 1 N–H and O–H groups in total. The van der Waals surface area contributed by atoms with Gasteiger partial charge in [-0.05, 0) is 0 Å². The molecule has 1 heterocycles. The Labute approximate surface area is 100 Å². The van der Waals surface area contributed by atoms with Crippen LogP contribution in [0.5, 0.6) is 0 Å². The summed E-state index contributed by atoms with van der Waals surface area (Å²) in [7, 11) is 1.73. The molecule has 1 saturated heterocycles. The molecule has 0 radical (unpaired) electrons. The third kappa shape index (κ3) is 2.28. The predicted molar refractivity (Wildman–Crippen MR) is 64.0 cm³/mol. The maximum Gasteiger partial charge on any atom is 0.207 e. The lowest BCUT2D eigenvalue weighted by molar-refractivity contribution is 0.103. The van der Waals surface area contributed by atoms with Crippen molar-refractivity contribution in [3.63, 3.8) is 0 Å². The monoisotopic (exact) mass is 227 g/mol. The van der Waals surface area contributed by atoms with Crippen LogP contribution >= 0.6 is 0 Å². The number of ketones is 1. The third-order valence-corrected chi connectivity index (χ3v) is 2.61. The molecule has 4 nitrogen and oxygen atoms in total. The van der Waals surface area contributed by atoms with E-state index in [0.29, 0.717) is 11.4 Å². The molecule has 1 aliphatic heterocycles. The quantitative estimate of drug-likeness (QED) is 0.363. The van der Waals surface area contributed by atoms with E-state index < -0.39 is 0 Å². The second-order valence-electron chi connectivity index (χ2n) is 3.77. The Balaban J connectivity index is 2.37. The molecule has 0 saturated carbocycles. The lowest BCUT2D eigenvalue weighted by atomic mass is 10.0. The fraction of sp³-hybridized carbons (Fsp3) is 0.231. The zero-order valence-electron chi connectivity index (χ0n) is 9.60. The molecule has 0 spiro atoms. The summed E-state index contributed by atoms with van der Waals surface area (Å²) in [5.74, 6) is 0.394. The summed E-state index contributed by atoms with van der Waals surface area (Å²) in [6, 6.07) is 10.9. The summed E-state index contributed by atoms with van der Waals surface area (Å²) >= 11 is 0. The van der Waals surface area contributed by atoms with Gasteiger partial charge in [-0.1, -0.05) is 30.3 Å². The lowest BCUT2D eigenvalue weighted by Crippen LogP contribution is -2.20. The summed E-state index contributed by atoms with van der Waals surface area (Å²) < 4.78 is 0. The maximum atomic E-state index is 12.2. The first-order valence-electron chi connectivity index (χ1n) is 5.44. The Bertz CT molecular complexity index is 495. The van der Waals surface area contributed by atoms with Gasteiger partial charge in [0.15, 0.2) is 0 Å². The van der Waals surface area contributed by atoms with Crippen LogP contribution in [0.1, 0.15) is 10.4 Å². The van der Waals surface area contributed by atoms with Crippen molar-refractivity contribution in [2.24, 2.45) is 0 Å². The maximum absolute atomic E-state index is 12.2. The van der Waals surface area contributed by atoms with Gasteiger partial charge in [-0.2, -0.15) is 5.26 Å². The minimum absolute atomic E-state index is 0.177. The van der Waals surface area contributed by atoms with E-state index in [0.717, 1.165) is 13.1 Å². The van der Waals surface area contributed by atoms with E-state index in [4.69, 9.17) is 5.26 Å². The molecule has 0 atom stereocenters. The van der Waals surface area contributed by atoms with Crippen LogP contribution in [0.4, 0.5) is 0 Å². The zero-order chi connectivity index (χ0) is 12.3. The first-order valence-corrected chi connectivity index (χ1v) is 5.44. The summed E-state index contributed by atoms with van der Waals surface area (Å²) in [4.78, 5) is 14.1. The molecule has 0 aromatic heterocycles. The molecule has 0 unspecified atom stereocenters. The highest BCUT2D eigenvalue weighted by atomic mass is 16.1. The zero-order valence-corrected chi connectivity index (χ0v) is 9.60. The van der Waals surface area contributed by atoms with Gasteiger partial charge in [-0.3, -0.25) is 4.79 Å². The van der Waals surface area contributed by atoms with E-state index >= 15 is 0 Å². The van der Waals surface area contributed by atoms with Crippen molar-refractivity contribution in [3.8, 4) is 6.07 Å². The van der Waals surface area contributed by atoms with Crippen LogP contribution < -0.4 is 5.32 Å². The van der Waals surface area contributed by atoms with Gasteiger partial charge in [0.25, 0.3) is 0 Å². The normalized spacial score (nSPS) is 14.7. The molecule has 17 heavy (non-hydrogen) atoms. The van der Waals surface area contributed by atoms with Gasteiger partial charge in [0.2, 0.25) is 5.78 Å². The summed E-state index contributed by atoms with van der Waals surface area (Å²) in [6.45, 7) is 1.78. The fourth-order valence-electron chi connectivity index (χ4n) is 1.66. The van der Waals surface area contributed by atoms with Crippen molar-refractivity contribution in [1.82, 2.24) is 10.2 Å². The van der Waals surface area contributed by atoms with Crippen LogP contribution in [0.15, 0.2) is 41.7 Å². The largest absolute Gasteiger partial charge is 0.374 e. The standard InChI is InChI=1S/C13H13N3O/c1-15-13(16-7-8-16)11(9-14)12(17)10-5-3-2-4-6-10/h2-6,15H,7-8H2,1H3/b13-11+. The van der Waals surface area contributed by atoms with Crippen molar-refractivity contribution >= 4 is 5.78 Å². The van der Waals surface area contributed by atoms with Gasteiger partial charge in [0, 0.05) is 25.7 Å². The number of benzene rings is 1. The van der Waals surface area contributed by atoms with Gasteiger partial charge in [-0.25, -0.2) is 0 Å².